The molecule has 1 N–H and O–H groups in total. The molecule has 0 spiro atoms. The van der Waals surface area contributed by atoms with Crippen LogP contribution in [0.15, 0.2) is 54.6 Å². The number of nitrogens with zero attached hydrogens (tertiary/aromatic N) is 3. The van der Waals surface area contributed by atoms with Crippen molar-refractivity contribution < 1.29 is 13.5 Å². The van der Waals surface area contributed by atoms with Gasteiger partial charge in [0, 0.05) is 18.0 Å². The lowest BCUT2D eigenvalue weighted by Gasteiger charge is -2.11. The van der Waals surface area contributed by atoms with Gasteiger partial charge in [-0.2, -0.15) is 13.9 Å². The second-order valence-electron chi connectivity index (χ2n) is 5.91. The van der Waals surface area contributed by atoms with Gasteiger partial charge >= 0.3 is 6.61 Å². The number of alkyl halides is 2. The van der Waals surface area contributed by atoms with Crippen molar-refractivity contribution in [3.8, 4) is 5.75 Å². The molecule has 4 aromatic rings. The van der Waals surface area contributed by atoms with Crippen LogP contribution in [-0.4, -0.2) is 21.2 Å². The fourth-order valence-corrected chi connectivity index (χ4v) is 2.93. The van der Waals surface area contributed by atoms with E-state index in [0.717, 1.165) is 27.8 Å². The Balaban J connectivity index is 1.66. The first-order chi connectivity index (χ1) is 12.6. The van der Waals surface area contributed by atoms with Crippen molar-refractivity contribution in [2.45, 2.75) is 20.1 Å². The highest BCUT2D eigenvalue weighted by Crippen LogP contribution is 2.24. The van der Waals surface area contributed by atoms with Crippen LogP contribution in [0.25, 0.3) is 16.6 Å². The second kappa shape index (κ2) is 6.59. The molecule has 0 aliphatic carbocycles. The van der Waals surface area contributed by atoms with Crippen LogP contribution in [0, 0.1) is 6.92 Å². The first-order valence-electron chi connectivity index (χ1n) is 8.13. The summed E-state index contributed by atoms with van der Waals surface area (Å²) in [5.41, 5.74) is 3.40. The largest absolute Gasteiger partial charge is 0.435 e. The Morgan fingerprint density at radius 3 is 2.81 bits per heavy atom. The quantitative estimate of drug-likeness (QED) is 0.577. The van der Waals surface area contributed by atoms with Crippen LogP contribution in [0.4, 0.5) is 14.6 Å². The second-order valence-corrected chi connectivity index (χ2v) is 5.91. The highest BCUT2D eigenvalue weighted by Gasteiger charge is 2.10. The van der Waals surface area contributed by atoms with Gasteiger partial charge in [0.05, 0.1) is 11.2 Å². The van der Waals surface area contributed by atoms with E-state index in [0.29, 0.717) is 12.4 Å². The topological polar surface area (TPSA) is 51.5 Å². The summed E-state index contributed by atoms with van der Waals surface area (Å²) < 4.78 is 31.0. The number of aryl methyl sites for hydroxylation is 1. The van der Waals surface area contributed by atoms with Gasteiger partial charge in [-0.3, -0.25) is 0 Å². The molecule has 132 valence electrons. The van der Waals surface area contributed by atoms with E-state index < -0.39 is 6.61 Å². The van der Waals surface area contributed by atoms with E-state index in [2.05, 4.69) is 20.1 Å². The molecule has 0 atom stereocenters. The lowest BCUT2D eigenvalue weighted by atomic mass is 10.2. The number of benzene rings is 2. The average Bonchev–Trinajstić information content (AvgIpc) is 3.00. The van der Waals surface area contributed by atoms with Crippen LogP contribution in [0.2, 0.25) is 0 Å². The Labute approximate surface area is 148 Å². The summed E-state index contributed by atoms with van der Waals surface area (Å²) in [5, 5.41) is 8.70. The number of hydrogen-bond acceptors (Lipinski definition) is 4. The van der Waals surface area contributed by atoms with Crippen molar-refractivity contribution >= 4 is 22.4 Å². The van der Waals surface area contributed by atoms with E-state index >= 15 is 0 Å². The molecule has 0 radical (unpaired) electrons. The Hall–Kier alpha value is -3.22. The van der Waals surface area contributed by atoms with E-state index in [1.807, 2.05) is 47.8 Å². The maximum Gasteiger partial charge on any atom is 0.387 e. The molecule has 26 heavy (non-hydrogen) atoms. The molecule has 2 aromatic carbocycles. The zero-order valence-electron chi connectivity index (χ0n) is 14.0. The smallest absolute Gasteiger partial charge is 0.387 e. The van der Waals surface area contributed by atoms with Gasteiger partial charge in [0.1, 0.15) is 11.6 Å². The van der Waals surface area contributed by atoms with Gasteiger partial charge in [-0.05, 0) is 36.8 Å². The normalized spacial score (nSPS) is 11.4. The minimum atomic E-state index is -2.84. The Morgan fingerprint density at radius 1 is 1.12 bits per heavy atom. The molecule has 7 heteroatoms. The Kier molecular flexibility index (Phi) is 4.12. The summed E-state index contributed by atoms with van der Waals surface area (Å²) >= 11 is 0. The third-order valence-electron chi connectivity index (χ3n) is 4.01. The number of fused-ring (bicyclic) bond motifs is 3. The zero-order valence-corrected chi connectivity index (χ0v) is 14.0. The molecule has 0 saturated carbocycles. The van der Waals surface area contributed by atoms with E-state index in [4.69, 9.17) is 0 Å². The standard InChI is InChI=1S/C19H16F2N4O/c1-12-9-17-23-18(15-7-2-3-8-16(15)25(17)24-12)22-11-13-5-4-6-14(10-13)26-19(20)21/h2-10,19H,11H2,1H3,(H,22,23). The number of anilines is 1. The molecule has 0 unspecified atom stereocenters. The molecule has 2 heterocycles. The van der Waals surface area contributed by atoms with Crippen molar-refractivity contribution in [3.63, 3.8) is 0 Å². The third kappa shape index (κ3) is 3.15. The van der Waals surface area contributed by atoms with E-state index in [-0.39, 0.29) is 5.75 Å². The molecular weight excluding hydrogens is 338 g/mol. The zero-order chi connectivity index (χ0) is 18.1. The molecule has 0 saturated heterocycles. The number of halogens is 2. The number of aromatic nitrogens is 3. The number of nitrogens with one attached hydrogen (secondary N) is 1. The summed E-state index contributed by atoms with van der Waals surface area (Å²) in [5.74, 6) is 0.854. The van der Waals surface area contributed by atoms with Gasteiger partial charge in [0.15, 0.2) is 5.65 Å². The predicted molar refractivity (Wildman–Crippen MR) is 95.6 cm³/mol. The molecule has 4 rings (SSSR count). The van der Waals surface area contributed by atoms with Crippen molar-refractivity contribution in [2.75, 3.05) is 5.32 Å². The van der Waals surface area contributed by atoms with E-state index in [1.54, 1.807) is 12.1 Å². The fourth-order valence-electron chi connectivity index (χ4n) is 2.93. The fraction of sp³-hybridized carbons (Fsp3) is 0.158. The van der Waals surface area contributed by atoms with Gasteiger partial charge in [0.2, 0.25) is 0 Å². The van der Waals surface area contributed by atoms with Crippen LogP contribution >= 0.6 is 0 Å². The van der Waals surface area contributed by atoms with Crippen LogP contribution in [0.3, 0.4) is 0 Å². The molecule has 5 nitrogen and oxygen atoms in total. The lowest BCUT2D eigenvalue weighted by molar-refractivity contribution is -0.0498. The Morgan fingerprint density at radius 2 is 1.96 bits per heavy atom. The molecule has 2 aromatic heterocycles. The SMILES string of the molecule is Cc1cc2nc(NCc3cccc(OC(F)F)c3)c3ccccc3n2n1. The number of rotatable bonds is 5. The lowest BCUT2D eigenvalue weighted by Crippen LogP contribution is -2.06. The highest BCUT2D eigenvalue weighted by atomic mass is 19.3. The van der Waals surface area contributed by atoms with Crippen LogP contribution in [0.1, 0.15) is 11.3 Å². The summed E-state index contributed by atoms with van der Waals surface area (Å²) in [6.07, 6.45) is 0. The third-order valence-corrected chi connectivity index (χ3v) is 4.01. The molecule has 0 aliphatic rings. The van der Waals surface area contributed by atoms with Crippen molar-refractivity contribution in [1.29, 1.82) is 0 Å². The Bertz CT molecular complexity index is 1080. The first-order valence-corrected chi connectivity index (χ1v) is 8.13. The summed E-state index contributed by atoms with van der Waals surface area (Å²) in [6, 6.07) is 16.4. The highest BCUT2D eigenvalue weighted by molar-refractivity contribution is 5.91. The minimum Gasteiger partial charge on any atom is -0.435 e. The van der Waals surface area contributed by atoms with E-state index in [1.165, 1.54) is 6.07 Å². The summed E-state index contributed by atoms with van der Waals surface area (Å²) in [4.78, 5) is 4.65. The van der Waals surface area contributed by atoms with Crippen molar-refractivity contribution in [2.24, 2.45) is 0 Å². The molecule has 0 bridgehead atoms. The van der Waals surface area contributed by atoms with Crippen LogP contribution in [0.5, 0.6) is 5.75 Å². The summed E-state index contributed by atoms with van der Waals surface area (Å²) in [7, 11) is 0. The van der Waals surface area contributed by atoms with Crippen LogP contribution < -0.4 is 10.1 Å². The van der Waals surface area contributed by atoms with Crippen molar-refractivity contribution in [1.82, 2.24) is 14.6 Å². The molecule has 0 fully saturated rings. The van der Waals surface area contributed by atoms with Gasteiger partial charge in [-0.25, -0.2) is 9.50 Å². The maximum atomic E-state index is 12.4. The van der Waals surface area contributed by atoms with E-state index in [9.17, 15) is 8.78 Å². The molecular formula is C19H16F2N4O. The number of hydrogen-bond donors (Lipinski definition) is 1. The van der Waals surface area contributed by atoms with Gasteiger partial charge in [-0.1, -0.05) is 24.3 Å². The van der Waals surface area contributed by atoms with Gasteiger partial charge < -0.3 is 10.1 Å². The predicted octanol–water partition coefficient (Wildman–Crippen LogP) is 4.40. The summed E-state index contributed by atoms with van der Waals surface area (Å²) in [6.45, 7) is -0.484. The van der Waals surface area contributed by atoms with Crippen molar-refractivity contribution in [3.05, 3.63) is 65.9 Å². The minimum absolute atomic E-state index is 0.138. The van der Waals surface area contributed by atoms with Gasteiger partial charge in [0.25, 0.3) is 0 Å². The average molecular weight is 354 g/mol. The number of ether oxygens (including phenoxy) is 1. The maximum absolute atomic E-state index is 12.4. The number of para-hydroxylation sites is 1. The monoisotopic (exact) mass is 354 g/mol. The van der Waals surface area contributed by atoms with Gasteiger partial charge in [-0.15, -0.1) is 0 Å². The van der Waals surface area contributed by atoms with Crippen LogP contribution in [-0.2, 0) is 6.54 Å². The molecule has 0 amide bonds. The first kappa shape index (κ1) is 16.3. The molecule has 0 aliphatic heterocycles.